The summed E-state index contributed by atoms with van der Waals surface area (Å²) in [5, 5.41) is 0.265. The van der Waals surface area contributed by atoms with E-state index in [1.165, 1.54) is 0 Å². The number of ether oxygens (including phenoxy) is 1. The Morgan fingerprint density at radius 1 is 1.58 bits per heavy atom. The first-order valence-electron chi connectivity index (χ1n) is 6.39. The molecule has 1 aliphatic heterocycles. The standard InChI is InChI=1S/C13H14BrClN2O2/c14-8-5-11(12(15)16-6-8)13(18)17(9-1-2-9)4-3-10-7-19-10/h5-6,9-10H,1-4,7H2. The normalized spacial score (nSPS) is 21.3. The SMILES string of the molecule is O=C(c1cc(Br)cnc1Cl)N(CCC1CO1)C1CC1. The van der Waals surface area contributed by atoms with Crippen molar-refractivity contribution in [2.75, 3.05) is 13.2 Å². The van der Waals surface area contributed by atoms with Gasteiger partial charge < -0.3 is 9.64 Å². The van der Waals surface area contributed by atoms with Gasteiger partial charge >= 0.3 is 0 Å². The maximum absolute atomic E-state index is 12.6. The Bertz CT molecular complexity index is 503. The van der Waals surface area contributed by atoms with Gasteiger partial charge in [-0.2, -0.15) is 0 Å². The molecule has 1 aromatic rings. The summed E-state index contributed by atoms with van der Waals surface area (Å²) in [7, 11) is 0. The van der Waals surface area contributed by atoms with E-state index in [1.54, 1.807) is 12.3 Å². The average molecular weight is 346 g/mol. The lowest BCUT2D eigenvalue weighted by Crippen LogP contribution is -2.35. The molecular formula is C13H14BrClN2O2. The lowest BCUT2D eigenvalue weighted by Gasteiger charge is -2.22. The van der Waals surface area contributed by atoms with Gasteiger partial charge in [0.2, 0.25) is 0 Å². The van der Waals surface area contributed by atoms with Crippen molar-refractivity contribution in [2.45, 2.75) is 31.4 Å². The summed E-state index contributed by atoms with van der Waals surface area (Å²) in [6.07, 6.45) is 5.00. The molecule has 102 valence electrons. The van der Waals surface area contributed by atoms with Crippen LogP contribution in [0.2, 0.25) is 5.15 Å². The van der Waals surface area contributed by atoms with Crippen molar-refractivity contribution in [1.29, 1.82) is 0 Å². The van der Waals surface area contributed by atoms with Crippen molar-refractivity contribution in [1.82, 2.24) is 9.88 Å². The van der Waals surface area contributed by atoms with Crippen LogP contribution in [0, 0.1) is 0 Å². The predicted octanol–water partition coefficient (Wildman–Crippen LogP) is 2.89. The summed E-state index contributed by atoms with van der Waals surface area (Å²) >= 11 is 9.36. The van der Waals surface area contributed by atoms with Gasteiger partial charge in [0.1, 0.15) is 5.15 Å². The summed E-state index contributed by atoms with van der Waals surface area (Å²) < 4.78 is 5.97. The van der Waals surface area contributed by atoms with Gasteiger partial charge in [-0.05, 0) is 41.3 Å². The number of carbonyl (C=O) groups excluding carboxylic acids is 1. The number of aromatic nitrogens is 1. The molecule has 1 saturated heterocycles. The first-order valence-corrected chi connectivity index (χ1v) is 7.56. The summed E-state index contributed by atoms with van der Waals surface area (Å²) in [5.74, 6) is -0.0260. The van der Waals surface area contributed by atoms with Gasteiger partial charge in [-0.1, -0.05) is 11.6 Å². The monoisotopic (exact) mass is 344 g/mol. The molecule has 0 radical (unpaired) electrons. The van der Waals surface area contributed by atoms with E-state index in [2.05, 4.69) is 20.9 Å². The number of epoxide rings is 1. The molecule has 0 N–H and O–H groups in total. The highest BCUT2D eigenvalue weighted by Crippen LogP contribution is 2.31. The highest BCUT2D eigenvalue weighted by atomic mass is 79.9. The van der Waals surface area contributed by atoms with Crippen molar-refractivity contribution in [3.63, 3.8) is 0 Å². The molecule has 0 bridgehead atoms. The Kier molecular flexibility index (Phi) is 3.78. The average Bonchev–Trinajstić information content (AvgIpc) is 3.25. The molecule has 1 unspecified atom stereocenters. The number of amides is 1. The molecule has 19 heavy (non-hydrogen) atoms. The quantitative estimate of drug-likeness (QED) is 0.609. The number of halogens is 2. The van der Waals surface area contributed by atoms with E-state index in [0.717, 1.165) is 36.9 Å². The largest absolute Gasteiger partial charge is 0.373 e. The molecule has 4 nitrogen and oxygen atoms in total. The molecule has 1 atom stereocenters. The fourth-order valence-electron chi connectivity index (χ4n) is 2.08. The van der Waals surface area contributed by atoms with Gasteiger partial charge in [0.25, 0.3) is 5.91 Å². The second kappa shape index (κ2) is 5.38. The van der Waals surface area contributed by atoms with Crippen LogP contribution in [0.3, 0.4) is 0 Å². The van der Waals surface area contributed by atoms with Crippen LogP contribution >= 0.6 is 27.5 Å². The molecule has 2 heterocycles. The Morgan fingerprint density at radius 3 is 2.95 bits per heavy atom. The highest BCUT2D eigenvalue weighted by Gasteiger charge is 2.35. The van der Waals surface area contributed by atoms with E-state index < -0.39 is 0 Å². The van der Waals surface area contributed by atoms with Gasteiger partial charge in [0, 0.05) is 23.3 Å². The Balaban J connectivity index is 1.76. The summed E-state index contributed by atoms with van der Waals surface area (Å²) in [6, 6.07) is 2.10. The topological polar surface area (TPSA) is 45.7 Å². The number of nitrogens with zero attached hydrogens (tertiary/aromatic N) is 2. The second-order valence-electron chi connectivity index (χ2n) is 4.97. The van der Waals surface area contributed by atoms with Gasteiger partial charge in [0.05, 0.1) is 18.3 Å². The fraction of sp³-hybridized carbons (Fsp3) is 0.538. The van der Waals surface area contributed by atoms with Crippen LogP contribution in [0.5, 0.6) is 0 Å². The van der Waals surface area contributed by atoms with Crippen LogP contribution in [0.4, 0.5) is 0 Å². The van der Waals surface area contributed by atoms with E-state index in [4.69, 9.17) is 16.3 Å². The predicted molar refractivity (Wildman–Crippen MR) is 75.4 cm³/mol. The Hall–Kier alpha value is -0.650. The molecule has 3 rings (SSSR count). The van der Waals surface area contributed by atoms with Gasteiger partial charge in [-0.25, -0.2) is 4.98 Å². The van der Waals surface area contributed by atoms with Gasteiger partial charge in [0.15, 0.2) is 0 Å². The maximum atomic E-state index is 12.6. The molecule has 2 fully saturated rings. The van der Waals surface area contributed by atoms with Crippen molar-refractivity contribution in [3.8, 4) is 0 Å². The van der Waals surface area contributed by atoms with E-state index in [0.29, 0.717) is 17.7 Å². The third-order valence-corrected chi connectivity index (χ3v) is 4.11. The zero-order valence-corrected chi connectivity index (χ0v) is 12.7. The first kappa shape index (κ1) is 13.3. The number of carbonyl (C=O) groups is 1. The zero-order valence-electron chi connectivity index (χ0n) is 10.3. The number of rotatable bonds is 5. The van der Waals surface area contributed by atoms with Crippen molar-refractivity contribution < 1.29 is 9.53 Å². The lowest BCUT2D eigenvalue weighted by molar-refractivity contribution is 0.0737. The third kappa shape index (κ3) is 3.27. The second-order valence-corrected chi connectivity index (χ2v) is 6.24. The fourth-order valence-corrected chi connectivity index (χ4v) is 2.60. The van der Waals surface area contributed by atoms with Crippen LogP contribution in [-0.2, 0) is 4.74 Å². The Morgan fingerprint density at radius 2 is 2.32 bits per heavy atom. The molecule has 0 spiro atoms. The molecule has 2 aliphatic rings. The molecule has 1 aromatic heterocycles. The summed E-state index contributed by atoms with van der Waals surface area (Å²) in [6.45, 7) is 1.56. The minimum atomic E-state index is -0.0260. The summed E-state index contributed by atoms with van der Waals surface area (Å²) in [4.78, 5) is 18.5. The van der Waals surface area contributed by atoms with Crippen LogP contribution in [0.1, 0.15) is 29.6 Å². The zero-order chi connectivity index (χ0) is 13.4. The highest BCUT2D eigenvalue weighted by molar-refractivity contribution is 9.10. The molecule has 1 aliphatic carbocycles. The summed E-state index contributed by atoms with van der Waals surface area (Å²) in [5.41, 5.74) is 0.472. The van der Waals surface area contributed by atoms with Gasteiger partial charge in [-0.3, -0.25) is 4.79 Å². The maximum Gasteiger partial charge on any atom is 0.257 e. The minimum absolute atomic E-state index is 0.0260. The van der Waals surface area contributed by atoms with Crippen LogP contribution in [-0.4, -0.2) is 41.1 Å². The van der Waals surface area contributed by atoms with Crippen LogP contribution < -0.4 is 0 Å². The van der Waals surface area contributed by atoms with E-state index in [1.807, 2.05) is 4.90 Å². The van der Waals surface area contributed by atoms with Gasteiger partial charge in [-0.15, -0.1) is 0 Å². The number of hydrogen-bond donors (Lipinski definition) is 0. The van der Waals surface area contributed by atoms with E-state index in [-0.39, 0.29) is 11.1 Å². The van der Waals surface area contributed by atoms with E-state index >= 15 is 0 Å². The van der Waals surface area contributed by atoms with E-state index in [9.17, 15) is 4.79 Å². The first-order chi connectivity index (χ1) is 9.15. The third-order valence-electron chi connectivity index (χ3n) is 3.38. The smallest absolute Gasteiger partial charge is 0.257 e. The minimum Gasteiger partial charge on any atom is -0.373 e. The number of pyridine rings is 1. The van der Waals surface area contributed by atoms with Crippen LogP contribution in [0.15, 0.2) is 16.7 Å². The lowest BCUT2D eigenvalue weighted by atomic mass is 10.2. The molecule has 1 saturated carbocycles. The van der Waals surface area contributed by atoms with Crippen molar-refractivity contribution >= 4 is 33.4 Å². The van der Waals surface area contributed by atoms with Crippen molar-refractivity contribution in [3.05, 3.63) is 27.5 Å². The Labute approximate surface area is 125 Å². The molecular weight excluding hydrogens is 332 g/mol. The molecule has 6 heteroatoms. The van der Waals surface area contributed by atoms with Crippen LogP contribution in [0.25, 0.3) is 0 Å². The number of hydrogen-bond acceptors (Lipinski definition) is 3. The molecule has 0 aromatic carbocycles. The van der Waals surface area contributed by atoms with Crippen molar-refractivity contribution in [2.24, 2.45) is 0 Å². The molecule has 1 amide bonds.